The molecular formula is C15H21NO2S. The average Bonchev–Trinajstić information content (AvgIpc) is 2.89. The molecule has 104 valence electrons. The summed E-state index contributed by atoms with van der Waals surface area (Å²) in [5, 5.41) is 15.2. The minimum Gasteiger partial charge on any atom is -0.395 e. The maximum atomic E-state index is 8.59. The predicted octanol–water partition coefficient (Wildman–Crippen LogP) is 2.43. The van der Waals surface area contributed by atoms with E-state index < -0.39 is 0 Å². The minimum atomic E-state index is 0.186. The Kier molecular flexibility index (Phi) is 6.30. The summed E-state index contributed by atoms with van der Waals surface area (Å²) >= 11 is 1.79. The topological polar surface area (TPSA) is 41.5 Å². The monoisotopic (exact) mass is 279 g/mol. The van der Waals surface area contributed by atoms with Crippen molar-refractivity contribution in [2.75, 3.05) is 32.9 Å². The van der Waals surface area contributed by atoms with Crippen LogP contribution >= 0.6 is 11.3 Å². The number of aliphatic hydroxyl groups is 1. The van der Waals surface area contributed by atoms with Crippen molar-refractivity contribution in [2.45, 2.75) is 12.8 Å². The van der Waals surface area contributed by atoms with Crippen LogP contribution in [-0.2, 0) is 11.2 Å². The zero-order chi connectivity index (χ0) is 13.3. The Hall–Kier alpha value is -0.940. The van der Waals surface area contributed by atoms with Crippen molar-refractivity contribution < 1.29 is 9.84 Å². The van der Waals surface area contributed by atoms with Gasteiger partial charge >= 0.3 is 0 Å². The molecule has 0 aliphatic rings. The molecule has 1 heterocycles. The van der Waals surface area contributed by atoms with E-state index in [0.717, 1.165) is 26.0 Å². The summed E-state index contributed by atoms with van der Waals surface area (Å²) in [5.74, 6) is 0. The van der Waals surface area contributed by atoms with Crippen LogP contribution in [0.3, 0.4) is 0 Å². The third-order valence-electron chi connectivity index (χ3n) is 2.98. The molecule has 1 aromatic heterocycles. The van der Waals surface area contributed by atoms with Crippen LogP contribution in [0.15, 0.2) is 29.6 Å². The Balaban J connectivity index is 1.60. The lowest BCUT2D eigenvalue weighted by Crippen LogP contribution is -2.23. The summed E-state index contributed by atoms with van der Waals surface area (Å²) < 4.78 is 6.89. The van der Waals surface area contributed by atoms with E-state index in [-0.39, 0.29) is 6.61 Å². The number of aliphatic hydroxyl groups excluding tert-OH is 1. The lowest BCUT2D eigenvalue weighted by Gasteiger charge is -2.05. The number of benzene rings is 1. The van der Waals surface area contributed by atoms with E-state index in [4.69, 9.17) is 9.84 Å². The van der Waals surface area contributed by atoms with Crippen molar-refractivity contribution in [2.24, 2.45) is 0 Å². The van der Waals surface area contributed by atoms with Gasteiger partial charge in [0.15, 0.2) is 0 Å². The fourth-order valence-electron chi connectivity index (χ4n) is 2.00. The van der Waals surface area contributed by atoms with Crippen LogP contribution in [0, 0.1) is 0 Å². The van der Waals surface area contributed by atoms with Gasteiger partial charge in [0.25, 0.3) is 0 Å². The molecule has 19 heavy (non-hydrogen) atoms. The van der Waals surface area contributed by atoms with Gasteiger partial charge in [-0.15, -0.1) is 11.3 Å². The van der Waals surface area contributed by atoms with Crippen molar-refractivity contribution in [1.82, 2.24) is 5.32 Å². The van der Waals surface area contributed by atoms with Gasteiger partial charge in [0.1, 0.15) is 0 Å². The van der Waals surface area contributed by atoms with Gasteiger partial charge in [-0.3, -0.25) is 0 Å². The fourth-order valence-corrected chi connectivity index (χ4v) is 2.77. The van der Waals surface area contributed by atoms with E-state index in [1.807, 2.05) is 0 Å². The Morgan fingerprint density at radius 3 is 3.00 bits per heavy atom. The van der Waals surface area contributed by atoms with E-state index in [1.54, 1.807) is 11.3 Å². The smallest absolute Gasteiger partial charge is 0.0590 e. The summed E-state index contributed by atoms with van der Waals surface area (Å²) in [5.41, 5.74) is 1.38. The number of ether oxygens (including phenoxy) is 1. The molecule has 0 aliphatic heterocycles. The molecule has 0 aliphatic carbocycles. The van der Waals surface area contributed by atoms with E-state index in [0.29, 0.717) is 13.2 Å². The van der Waals surface area contributed by atoms with Gasteiger partial charge < -0.3 is 15.2 Å². The Labute approximate surface area is 118 Å². The maximum absolute atomic E-state index is 8.59. The highest BCUT2D eigenvalue weighted by molar-refractivity contribution is 7.17. The van der Waals surface area contributed by atoms with Crippen molar-refractivity contribution in [1.29, 1.82) is 0 Å². The van der Waals surface area contributed by atoms with Crippen LogP contribution in [0.4, 0.5) is 0 Å². The summed E-state index contributed by atoms with van der Waals surface area (Å²) in [4.78, 5) is 0. The third kappa shape index (κ3) is 4.91. The van der Waals surface area contributed by atoms with Crippen molar-refractivity contribution in [3.8, 4) is 0 Å². The van der Waals surface area contributed by atoms with E-state index in [9.17, 15) is 0 Å². The standard InChI is InChI=1S/C15H21NO2S/c17-8-6-16-7-10-18-9-1-2-13-3-4-15-14(12-13)5-11-19-15/h3-5,11-12,16-17H,1-2,6-10H2. The largest absolute Gasteiger partial charge is 0.395 e. The normalized spacial score (nSPS) is 11.2. The Morgan fingerprint density at radius 1 is 1.16 bits per heavy atom. The zero-order valence-electron chi connectivity index (χ0n) is 11.1. The number of thiophene rings is 1. The van der Waals surface area contributed by atoms with E-state index in [1.165, 1.54) is 15.6 Å². The molecule has 4 heteroatoms. The van der Waals surface area contributed by atoms with Crippen LogP contribution < -0.4 is 5.32 Å². The lowest BCUT2D eigenvalue weighted by atomic mass is 10.1. The highest BCUT2D eigenvalue weighted by atomic mass is 32.1. The van der Waals surface area contributed by atoms with Crippen molar-refractivity contribution in [3.63, 3.8) is 0 Å². The number of nitrogens with one attached hydrogen (secondary N) is 1. The summed E-state index contributed by atoms with van der Waals surface area (Å²) in [6.45, 7) is 3.14. The minimum absolute atomic E-state index is 0.186. The van der Waals surface area contributed by atoms with Crippen molar-refractivity contribution >= 4 is 21.4 Å². The van der Waals surface area contributed by atoms with Gasteiger partial charge in [0.2, 0.25) is 0 Å². The third-order valence-corrected chi connectivity index (χ3v) is 3.88. The second-order valence-corrected chi connectivity index (χ2v) is 5.43. The maximum Gasteiger partial charge on any atom is 0.0590 e. The van der Waals surface area contributed by atoms with Gasteiger partial charge in [-0.1, -0.05) is 12.1 Å². The molecule has 2 aromatic rings. The summed E-state index contributed by atoms with van der Waals surface area (Å²) in [6, 6.07) is 8.86. The van der Waals surface area contributed by atoms with Crippen LogP contribution in [0.5, 0.6) is 0 Å². The first-order valence-corrected chi connectivity index (χ1v) is 7.63. The Morgan fingerprint density at radius 2 is 2.11 bits per heavy atom. The fraction of sp³-hybridized carbons (Fsp3) is 0.467. The molecular weight excluding hydrogens is 258 g/mol. The lowest BCUT2D eigenvalue weighted by molar-refractivity contribution is 0.132. The molecule has 3 nitrogen and oxygen atoms in total. The molecule has 0 radical (unpaired) electrons. The first-order chi connectivity index (χ1) is 9.40. The Bertz CT molecular complexity index is 484. The molecule has 1 aromatic carbocycles. The van der Waals surface area contributed by atoms with Gasteiger partial charge in [0.05, 0.1) is 13.2 Å². The van der Waals surface area contributed by atoms with Gasteiger partial charge in [0, 0.05) is 24.4 Å². The molecule has 2 N–H and O–H groups in total. The van der Waals surface area contributed by atoms with E-state index in [2.05, 4.69) is 35.0 Å². The van der Waals surface area contributed by atoms with Crippen LogP contribution in [-0.4, -0.2) is 38.0 Å². The molecule has 0 bridgehead atoms. The van der Waals surface area contributed by atoms with Gasteiger partial charge in [-0.2, -0.15) is 0 Å². The van der Waals surface area contributed by atoms with Gasteiger partial charge in [-0.05, 0) is 41.3 Å². The summed E-state index contributed by atoms with van der Waals surface area (Å²) in [7, 11) is 0. The summed E-state index contributed by atoms with van der Waals surface area (Å²) in [6.07, 6.45) is 2.12. The molecule has 0 unspecified atom stereocenters. The van der Waals surface area contributed by atoms with Gasteiger partial charge in [-0.25, -0.2) is 0 Å². The first-order valence-electron chi connectivity index (χ1n) is 6.75. The number of aryl methyl sites for hydroxylation is 1. The zero-order valence-corrected chi connectivity index (χ0v) is 11.9. The average molecular weight is 279 g/mol. The SMILES string of the molecule is OCCNCCOCCCc1ccc2sccc2c1. The number of hydrogen-bond acceptors (Lipinski definition) is 4. The van der Waals surface area contributed by atoms with Crippen LogP contribution in [0.2, 0.25) is 0 Å². The number of fused-ring (bicyclic) bond motifs is 1. The molecule has 0 saturated heterocycles. The highest BCUT2D eigenvalue weighted by Crippen LogP contribution is 2.22. The number of rotatable bonds is 9. The predicted molar refractivity (Wildman–Crippen MR) is 80.9 cm³/mol. The quantitative estimate of drug-likeness (QED) is 0.693. The second kappa shape index (κ2) is 8.27. The second-order valence-electron chi connectivity index (χ2n) is 4.48. The molecule has 0 saturated carbocycles. The highest BCUT2D eigenvalue weighted by Gasteiger charge is 1.98. The van der Waals surface area contributed by atoms with Crippen LogP contribution in [0.1, 0.15) is 12.0 Å². The molecule has 0 atom stereocenters. The molecule has 0 amide bonds. The molecule has 0 fully saturated rings. The van der Waals surface area contributed by atoms with Crippen molar-refractivity contribution in [3.05, 3.63) is 35.2 Å². The molecule has 2 rings (SSSR count). The van der Waals surface area contributed by atoms with E-state index >= 15 is 0 Å². The molecule has 0 spiro atoms. The van der Waals surface area contributed by atoms with Crippen LogP contribution in [0.25, 0.3) is 10.1 Å². The number of hydrogen-bond donors (Lipinski definition) is 2. The first kappa shape index (κ1) is 14.5.